The van der Waals surface area contributed by atoms with Gasteiger partial charge in [0, 0.05) is 29.7 Å². The van der Waals surface area contributed by atoms with Gasteiger partial charge in [-0.05, 0) is 30.9 Å². The van der Waals surface area contributed by atoms with Crippen LogP contribution in [0.15, 0.2) is 60.8 Å². The van der Waals surface area contributed by atoms with Crippen LogP contribution in [0, 0.1) is 6.07 Å². The van der Waals surface area contributed by atoms with Crippen molar-refractivity contribution >= 4 is 10.9 Å². The SMILES string of the molecule is [c]1cn(CCCCCc2ccccc2)c2ccccc12. The summed E-state index contributed by atoms with van der Waals surface area (Å²) < 4.78 is 2.32. The summed E-state index contributed by atoms with van der Waals surface area (Å²) >= 11 is 0. The van der Waals surface area contributed by atoms with Gasteiger partial charge in [0.25, 0.3) is 0 Å². The molecule has 1 heteroatoms. The third-order valence-corrected chi connectivity index (χ3v) is 3.80. The molecule has 0 aliphatic rings. The van der Waals surface area contributed by atoms with E-state index in [1.165, 1.54) is 42.1 Å². The van der Waals surface area contributed by atoms with Crippen LogP contribution in [0.4, 0.5) is 0 Å². The molecular formula is C19H20N. The Kier molecular flexibility index (Phi) is 4.17. The summed E-state index contributed by atoms with van der Waals surface area (Å²) in [7, 11) is 0. The average Bonchev–Trinajstić information content (AvgIpc) is 2.91. The maximum Gasteiger partial charge on any atom is 0.0486 e. The van der Waals surface area contributed by atoms with Gasteiger partial charge >= 0.3 is 0 Å². The molecular weight excluding hydrogens is 242 g/mol. The molecule has 2 aromatic carbocycles. The fourth-order valence-corrected chi connectivity index (χ4v) is 2.68. The maximum absolute atomic E-state index is 3.32. The predicted octanol–water partition coefficient (Wildman–Crippen LogP) is 4.85. The molecule has 0 saturated heterocycles. The maximum atomic E-state index is 3.32. The van der Waals surface area contributed by atoms with Crippen molar-refractivity contribution in [1.29, 1.82) is 0 Å². The van der Waals surface area contributed by atoms with E-state index in [2.05, 4.69) is 71.4 Å². The predicted molar refractivity (Wildman–Crippen MR) is 84.8 cm³/mol. The molecule has 0 aliphatic heterocycles. The van der Waals surface area contributed by atoms with Crippen molar-refractivity contribution in [2.24, 2.45) is 0 Å². The number of para-hydroxylation sites is 1. The zero-order chi connectivity index (χ0) is 13.6. The number of benzene rings is 2. The number of rotatable bonds is 6. The van der Waals surface area contributed by atoms with E-state index in [1.54, 1.807) is 0 Å². The zero-order valence-electron chi connectivity index (χ0n) is 11.8. The number of unbranched alkanes of at least 4 members (excludes halogenated alkanes) is 2. The van der Waals surface area contributed by atoms with E-state index in [0.29, 0.717) is 0 Å². The lowest BCUT2D eigenvalue weighted by molar-refractivity contribution is 0.599. The topological polar surface area (TPSA) is 4.93 Å². The highest BCUT2D eigenvalue weighted by molar-refractivity contribution is 5.79. The molecule has 0 saturated carbocycles. The number of hydrogen-bond acceptors (Lipinski definition) is 0. The fourth-order valence-electron chi connectivity index (χ4n) is 2.68. The Morgan fingerprint density at radius 1 is 0.800 bits per heavy atom. The summed E-state index contributed by atoms with van der Waals surface area (Å²) in [5.41, 5.74) is 2.75. The van der Waals surface area contributed by atoms with Gasteiger partial charge in [-0.15, -0.1) is 0 Å². The Bertz CT molecular complexity index is 652. The smallest absolute Gasteiger partial charge is 0.0486 e. The first-order valence-corrected chi connectivity index (χ1v) is 7.43. The van der Waals surface area contributed by atoms with Crippen LogP contribution in [0.2, 0.25) is 0 Å². The second-order valence-corrected chi connectivity index (χ2v) is 5.28. The molecule has 0 N–H and O–H groups in total. The minimum absolute atomic E-state index is 1.10. The first-order valence-electron chi connectivity index (χ1n) is 7.43. The third kappa shape index (κ3) is 3.11. The first-order chi connectivity index (χ1) is 9.93. The Morgan fingerprint density at radius 2 is 1.60 bits per heavy atom. The quantitative estimate of drug-likeness (QED) is 0.559. The van der Waals surface area contributed by atoms with E-state index < -0.39 is 0 Å². The largest absolute Gasteiger partial charge is 0.347 e. The standard InChI is InChI=1S/C19H20N/c1-3-9-17(10-4-1)11-5-2-8-15-20-16-14-18-12-6-7-13-19(18)20/h1,3-4,6-7,9-10,12-13,16H,2,5,8,11,15H2. The lowest BCUT2D eigenvalue weighted by Gasteiger charge is -2.05. The van der Waals surface area contributed by atoms with Gasteiger partial charge in [-0.3, -0.25) is 0 Å². The molecule has 1 nitrogen and oxygen atoms in total. The summed E-state index contributed by atoms with van der Waals surface area (Å²) in [6, 6.07) is 22.6. The first kappa shape index (κ1) is 13.0. The van der Waals surface area contributed by atoms with E-state index in [4.69, 9.17) is 0 Å². The minimum atomic E-state index is 1.10. The average molecular weight is 262 g/mol. The second-order valence-electron chi connectivity index (χ2n) is 5.28. The van der Waals surface area contributed by atoms with Crippen molar-refractivity contribution in [2.45, 2.75) is 32.2 Å². The molecule has 0 aliphatic carbocycles. The Labute approximate surface area is 120 Å². The second kappa shape index (κ2) is 6.42. The van der Waals surface area contributed by atoms with E-state index in [-0.39, 0.29) is 0 Å². The molecule has 0 amide bonds. The van der Waals surface area contributed by atoms with Crippen molar-refractivity contribution in [3.8, 4) is 0 Å². The highest BCUT2D eigenvalue weighted by Gasteiger charge is 2.00. The van der Waals surface area contributed by atoms with Crippen LogP contribution in [0.1, 0.15) is 24.8 Å². The van der Waals surface area contributed by atoms with Gasteiger partial charge in [-0.25, -0.2) is 0 Å². The summed E-state index contributed by atoms with van der Waals surface area (Å²) in [6.45, 7) is 1.10. The number of aromatic nitrogens is 1. The van der Waals surface area contributed by atoms with E-state index in [0.717, 1.165) is 6.54 Å². The molecule has 1 radical (unpaired) electrons. The van der Waals surface area contributed by atoms with Crippen molar-refractivity contribution in [1.82, 2.24) is 4.57 Å². The summed E-state index contributed by atoms with van der Waals surface area (Å²) in [5.74, 6) is 0. The van der Waals surface area contributed by atoms with Gasteiger partial charge in [0.1, 0.15) is 0 Å². The number of nitrogens with zero attached hydrogens (tertiary/aromatic N) is 1. The van der Waals surface area contributed by atoms with E-state index in [9.17, 15) is 0 Å². The highest BCUT2D eigenvalue weighted by atomic mass is 14.9. The van der Waals surface area contributed by atoms with Crippen molar-refractivity contribution < 1.29 is 0 Å². The van der Waals surface area contributed by atoms with Gasteiger partial charge in [0.2, 0.25) is 0 Å². The highest BCUT2D eigenvalue weighted by Crippen LogP contribution is 2.15. The molecule has 1 aromatic heterocycles. The lowest BCUT2D eigenvalue weighted by atomic mass is 10.1. The monoisotopic (exact) mass is 262 g/mol. The van der Waals surface area contributed by atoms with Crippen LogP contribution < -0.4 is 0 Å². The lowest BCUT2D eigenvalue weighted by Crippen LogP contribution is -1.96. The Morgan fingerprint density at radius 3 is 2.50 bits per heavy atom. The molecule has 0 atom stereocenters. The van der Waals surface area contributed by atoms with Gasteiger partial charge in [-0.2, -0.15) is 0 Å². The molecule has 0 fully saturated rings. The Hall–Kier alpha value is -2.02. The van der Waals surface area contributed by atoms with Crippen LogP contribution >= 0.6 is 0 Å². The van der Waals surface area contributed by atoms with Crippen LogP contribution in [-0.2, 0) is 13.0 Å². The molecule has 0 unspecified atom stereocenters. The molecule has 3 aromatic rings. The van der Waals surface area contributed by atoms with Gasteiger partial charge in [-0.1, -0.05) is 55.0 Å². The summed E-state index contributed by atoms with van der Waals surface area (Å²) in [4.78, 5) is 0. The fraction of sp³-hybridized carbons (Fsp3) is 0.263. The summed E-state index contributed by atoms with van der Waals surface area (Å²) in [5, 5.41) is 1.22. The number of fused-ring (bicyclic) bond motifs is 1. The molecule has 0 spiro atoms. The molecule has 101 valence electrons. The summed E-state index contributed by atoms with van der Waals surface area (Å²) in [6.07, 6.45) is 7.06. The number of hydrogen-bond donors (Lipinski definition) is 0. The van der Waals surface area contributed by atoms with E-state index >= 15 is 0 Å². The molecule has 3 rings (SSSR count). The molecule has 20 heavy (non-hydrogen) atoms. The van der Waals surface area contributed by atoms with Crippen molar-refractivity contribution in [3.63, 3.8) is 0 Å². The third-order valence-electron chi connectivity index (χ3n) is 3.80. The van der Waals surface area contributed by atoms with Crippen molar-refractivity contribution in [2.75, 3.05) is 0 Å². The van der Waals surface area contributed by atoms with Crippen LogP contribution in [0.5, 0.6) is 0 Å². The normalized spacial score (nSPS) is 11.0. The van der Waals surface area contributed by atoms with Crippen LogP contribution in [0.25, 0.3) is 10.9 Å². The zero-order valence-corrected chi connectivity index (χ0v) is 11.8. The van der Waals surface area contributed by atoms with Crippen LogP contribution in [0.3, 0.4) is 0 Å². The molecule has 1 heterocycles. The number of aryl methyl sites for hydroxylation is 2. The van der Waals surface area contributed by atoms with Crippen molar-refractivity contribution in [3.05, 3.63) is 72.4 Å². The van der Waals surface area contributed by atoms with Crippen LogP contribution in [-0.4, -0.2) is 4.57 Å². The van der Waals surface area contributed by atoms with Gasteiger partial charge in [0.05, 0.1) is 0 Å². The van der Waals surface area contributed by atoms with E-state index in [1.807, 2.05) is 0 Å². The Balaban J connectivity index is 1.46. The van der Waals surface area contributed by atoms with Gasteiger partial charge < -0.3 is 4.57 Å². The minimum Gasteiger partial charge on any atom is -0.347 e. The van der Waals surface area contributed by atoms with Gasteiger partial charge in [0.15, 0.2) is 0 Å². The molecule has 0 bridgehead atoms.